The zero-order chi connectivity index (χ0) is 9.40. The fourth-order valence-corrected chi connectivity index (χ4v) is 0.266. The van der Waals surface area contributed by atoms with E-state index >= 15 is 0 Å². The molecule has 0 N–H and O–H groups in total. The maximum atomic E-state index is 11.1. The SMILES string of the molecule is CC(C#N)C(=O)OC#CC#CF.F.F.F.F.F.F.F. The molecule has 0 aliphatic heterocycles. The van der Waals surface area contributed by atoms with Gasteiger partial charge in [0.05, 0.1) is 6.07 Å². The van der Waals surface area contributed by atoms with Gasteiger partial charge in [-0.1, -0.05) is 0 Å². The maximum Gasteiger partial charge on any atom is 0.336 e. The van der Waals surface area contributed by atoms with Crippen molar-refractivity contribution in [2.45, 2.75) is 6.92 Å². The summed E-state index contributed by atoms with van der Waals surface area (Å²) in [6.07, 6.45) is 2.84. The number of esters is 1. The van der Waals surface area contributed by atoms with Gasteiger partial charge in [0.15, 0.2) is 0 Å². The van der Waals surface area contributed by atoms with Crippen molar-refractivity contribution < 1.29 is 46.9 Å². The van der Waals surface area contributed by atoms with E-state index in [0.717, 1.165) is 6.17 Å². The van der Waals surface area contributed by atoms with Gasteiger partial charge in [-0.3, -0.25) is 32.9 Å². The van der Waals surface area contributed by atoms with Crippen molar-refractivity contribution in [2.75, 3.05) is 0 Å². The zero-order valence-electron chi connectivity index (χ0n) is 9.08. The van der Waals surface area contributed by atoms with Crippen molar-refractivity contribution in [3.63, 3.8) is 0 Å². The van der Waals surface area contributed by atoms with Crippen LogP contribution in [0, 0.1) is 41.4 Å². The lowest BCUT2D eigenvalue weighted by molar-refractivity contribution is -0.139. The average molecular weight is 305 g/mol. The van der Waals surface area contributed by atoms with Crippen LogP contribution in [0.5, 0.6) is 0 Å². The number of rotatable bonds is 1. The Labute approximate surface area is 102 Å². The average Bonchev–Trinajstić information content (AvgIpc) is 2.10. The first-order valence-corrected chi connectivity index (χ1v) is 2.93. The van der Waals surface area contributed by atoms with Crippen molar-refractivity contribution in [2.24, 2.45) is 5.92 Å². The summed E-state index contributed by atoms with van der Waals surface area (Å²) in [5.41, 5.74) is 0. The van der Waals surface area contributed by atoms with Crippen LogP contribution in [0.4, 0.5) is 37.3 Å². The van der Waals surface area contributed by atoms with E-state index in [9.17, 15) is 9.18 Å². The summed E-state index contributed by atoms with van der Waals surface area (Å²) in [4.78, 5) is 10.6. The second kappa shape index (κ2) is 36.1. The predicted molar refractivity (Wildman–Crippen MR) is 55.0 cm³/mol. The summed E-state index contributed by atoms with van der Waals surface area (Å²) < 4.78 is 15.3. The third-order valence-electron chi connectivity index (χ3n) is 0.860. The molecule has 0 heterocycles. The predicted octanol–water partition coefficient (Wildman–Crippen LogP) is 1.65. The van der Waals surface area contributed by atoms with Crippen LogP contribution in [0.2, 0.25) is 0 Å². The Morgan fingerprint density at radius 1 is 1.05 bits per heavy atom. The molecule has 0 saturated heterocycles. The molecule has 19 heavy (non-hydrogen) atoms. The van der Waals surface area contributed by atoms with Crippen molar-refractivity contribution >= 4 is 5.97 Å². The number of hydrogen-bond donors (Lipinski definition) is 0. The zero-order valence-corrected chi connectivity index (χ0v) is 9.08. The summed E-state index contributed by atoms with van der Waals surface area (Å²) in [6, 6.07) is 1.65. The van der Waals surface area contributed by atoms with Crippen molar-refractivity contribution in [3.05, 3.63) is 0 Å². The molecule has 0 amide bonds. The Bertz CT molecular complexity index is 335. The summed E-state index contributed by atoms with van der Waals surface area (Å²) in [5, 5.41) is 8.22. The van der Waals surface area contributed by atoms with Gasteiger partial charge in [0, 0.05) is 11.8 Å². The van der Waals surface area contributed by atoms with Crippen LogP contribution in [-0.2, 0) is 9.53 Å². The second-order valence-electron chi connectivity index (χ2n) is 1.72. The normalized spacial score (nSPS) is 5.74. The van der Waals surface area contributed by atoms with Crippen LogP contribution in [-0.4, -0.2) is 5.97 Å². The standard InChI is InChI=1S/C8H4FNO2.7FH/c1-7(6-10)8(11)12-5-3-2-4-9;;;;;;;/h7H,1H3;7*1H. The van der Waals surface area contributed by atoms with Gasteiger partial charge < -0.3 is 4.74 Å². The van der Waals surface area contributed by atoms with Gasteiger partial charge in [-0.05, 0) is 6.92 Å². The largest absolute Gasteiger partial charge is 0.370 e. The Morgan fingerprint density at radius 2 is 1.47 bits per heavy atom. The summed E-state index contributed by atoms with van der Waals surface area (Å²) in [5.74, 6) is 1.98. The highest BCUT2D eigenvalue weighted by atomic mass is 19.1. The van der Waals surface area contributed by atoms with Crippen LogP contribution in [0.1, 0.15) is 6.92 Å². The van der Waals surface area contributed by atoms with Crippen molar-refractivity contribution in [3.8, 4) is 30.2 Å². The second-order valence-corrected chi connectivity index (χ2v) is 1.72. The number of nitriles is 1. The summed E-state index contributed by atoms with van der Waals surface area (Å²) in [6.45, 7) is 1.37. The molecule has 0 fully saturated rings. The molecule has 0 aromatic heterocycles. The Balaban J connectivity index is -0.0000000288. The Hall–Kier alpha value is -2.48. The van der Waals surface area contributed by atoms with Gasteiger partial charge in [0.1, 0.15) is 18.2 Å². The molecule has 0 aliphatic carbocycles. The minimum Gasteiger partial charge on any atom is -0.370 e. The molecule has 0 aliphatic rings. The van der Waals surface area contributed by atoms with Crippen LogP contribution in [0.15, 0.2) is 0 Å². The molecular formula is C8H11F8NO2. The monoisotopic (exact) mass is 305 g/mol. The molecule has 0 aromatic carbocycles. The molecule has 3 nitrogen and oxygen atoms in total. The van der Waals surface area contributed by atoms with E-state index in [1.54, 1.807) is 12.0 Å². The number of carbonyl (C=O) groups is 1. The molecule has 0 bridgehead atoms. The Morgan fingerprint density at radius 3 is 1.79 bits per heavy atom. The van der Waals surface area contributed by atoms with Gasteiger partial charge in [0.2, 0.25) is 0 Å². The number of halogens is 8. The maximum absolute atomic E-state index is 11.1. The van der Waals surface area contributed by atoms with E-state index in [0.29, 0.717) is 0 Å². The van der Waals surface area contributed by atoms with Gasteiger partial charge in [0.25, 0.3) is 0 Å². The first kappa shape index (κ1) is 54.8. The third kappa shape index (κ3) is 31.3. The van der Waals surface area contributed by atoms with Crippen LogP contribution in [0.3, 0.4) is 0 Å². The number of nitrogens with zero attached hydrogens (tertiary/aromatic N) is 1. The summed E-state index contributed by atoms with van der Waals surface area (Å²) in [7, 11) is 0. The highest BCUT2D eigenvalue weighted by Crippen LogP contribution is 1.93. The molecule has 0 aromatic rings. The topological polar surface area (TPSA) is 50.1 Å². The van der Waals surface area contributed by atoms with E-state index in [4.69, 9.17) is 5.26 Å². The van der Waals surface area contributed by atoms with Gasteiger partial charge in [-0.25, -0.2) is 4.79 Å². The van der Waals surface area contributed by atoms with Crippen molar-refractivity contribution in [1.82, 2.24) is 0 Å². The molecule has 0 radical (unpaired) electrons. The van der Waals surface area contributed by atoms with Gasteiger partial charge in [-0.2, -0.15) is 5.26 Å². The van der Waals surface area contributed by atoms with Crippen LogP contribution in [0.25, 0.3) is 0 Å². The molecular weight excluding hydrogens is 294 g/mol. The minimum absolute atomic E-state index is 0. The van der Waals surface area contributed by atoms with Gasteiger partial charge in [-0.15, -0.1) is 4.39 Å². The van der Waals surface area contributed by atoms with E-state index in [2.05, 4.69) is 4.74 Å². The number of ether oxygens (including phenoxy) is 1. The van der Waals surface area contributed by atoms with Crippen LogP contribution < -0.4 is 0 Å². The fourth-order valence-electron chi connectivity index (χ4n) is 0.266. The first-order chi connectivity index (χ1) is 5.72. The molecule has 11 heteroatoms. The first-order valence-electron chi connectivity index (χ1n) is 2.93. The lowest BCUT2D eigenvalue weighted by atomic mass is 10.2. The molecule has 1 atom stereocenters. The fraction of sp³-hybridized carbons (Fsp3) is 0.250. The molecule has 0 saturated carbocycles. The third-order valence-corrected chi connectivity index (χ3v) is 0.860. The van der Waals surface area contributed by atoms with Crippen molar-refractivity contribution in [1.29, 1.82) is 5.26 Å². The highest BCUT2D eigenvalue weighted by Gasteiger charge is 2.11. The lowest BCUT2D eigenvalue weighted by Gasteiger charge is -1.94. The quantitative estimate of drug-likeness (QED) is 0.420. The van der Waals surface area contributed by atoms with Gasteiger partial charge >= 0.3 is 5.97 Å². The van der Waals surface area contributed by atoms with E-state index in [1.165, 1.54) is 6.92 Å². The smallest absolute Gasteiger partial charge is 0.336 e. The molecule has 0 spiro atoms. The number of hydrogen-bond acceptors (Lipinski definition) is 3. The minimum atomic E-state index is -0.877. The lowest BCUT2D eigenvalue weighted by Crippen LogP contribution is -2.09. The van der Waals surface area contributed by atoms with Crippen LogP contribution >= 0.6 is 0 Å². The van der Waals surface area contributed by atoms with E-state index < -0.39 is 11.9 Å². The van der Waals surface area contributed by atoms with E-state index in [-0.39, 0.29) is 32.9 Å². The highest BCUT2D eigenvalue weighted by molar-refractivity contribution is 5.75. The Kier molecular flexibility index (Phi) is 104. The number of carbonyl (C=O) groups excluding carboxylic acids is 1. The van der Waals surface area contributed by atoms with E-state index in [1.807, 2.05) is 12.0 Å². The molecule has 1 unspecified atom stereocenters. The molecule has 116 valence electrons. The molecule has 0 rings (SSSR count). The summed E-state index contributed by atoms with van der Waals surface area (Å²) >= 11 is 0.